The van der Waals surface area contributed by atoms with Crippen molar-refractivity contribution in [2.24, 2.45) is 7.05 Å². The van der Waals surface area contributed by atoms with Crippen molar-refractivity contribution in [2.45, 2.75) is 45.6 Å². The Kier molecular flexibility index (Phi) is 3.10. The highest BCUT2D eigenvalue weighted by Crippen LogP contribution is 2.27. The van der Waals surface area contributed by atoms with Gasteiger partial charge in [0.05, 0.1) is 11.7 Å². The quantitative estimate of drug-likeness (QED) is 0.822. The van der Waals surface area contributed by atoms with Gasteiger partial charge in [-0.05, 0) is 38.3 Å². The summed E-state index contributed by atoms with van der Waals surface area (Å²) in [7, 11) is 2.05. The van der Waals surface area contributed by atoms with Crippen LogP contribution in [0.3, 0.4) is 0 Å². The predicted octanol–water partition coefficient (Wildman–Crippen LogP) is 2.11. The number of nitrogens with zero attached hydrogens (tertiary/aromatic N) is 2. The molecule has 0 spiro atoms. The van der Waals surface area contributed by atoms with Gasteiger partial charge in [-0.2, -0.15) is 5.10 Å². The highest BCUT2D eigenvalue weighted by atomic mass is 15.3. The summed E-state index contributed by atoms with van der Waals surface area (Å²) in [6.07, 6.45) is 4.89. The van der Waals surface area contributed by atoms with Gasteiger partial charge in [0, 0.05) is 12.7 Å². The van der Waals surface area contributed by atoms with Crippen LogP contribution < -0.4 is 5.32 Å². The number of nitrogens with one attached hydrogen (secondary N) is 1. The number of hydrogen-bond acceptors (Lipinski definition) is 2. The molecule has 3 heteroatoms. The molecule has 1 aromatic rings. The maximum absolute atomic E-state index is 4.66. The van der Waals surface area contributed by atoms with Crippen LogP contribution in [0.2, 0.25) is 0 Å². The van der Waals surface area contributed by atoms with E-state index in [1.807, 2.05) is 11.7 Å². The highest BCUT2D eigenvalue weighted by Gasteiger charge is 2.23. The molecule has 0 bridgehead atoms. The van der Waals surface area contributed by atoms with Crippen molar-refractivity contribution in [2.75, 3.05) is 6.54 Å². The van der Waals surface area contributed by atoms with Crippen LogP contribution >= 0.6 is 0 Å². The number of hydrogen-bond donors (Lipinski definition) is 1. The lowest BCUT2D eigenvalue weighted by Gasteiger charge is -2.09. The van der Waals surface area contributed by atoms with Crippen molar-refractivity contribution >= 4 is 0 Å². The smallest absolute Gasteiger partial charge is 0.0828 e. The molecule has 1 unspecified atom stereocenters. The molecule has 1 aliphatic rings. The van der Waals surface area contributed by atoms with E-state index in [0.29, 0.717) is 6.04 Å². The standard InChI is InChI=1S/C12H21N3/c1-4-6-10-9(2)15(3)14-12(10)11-7-5-8-13-11/h11,13H,4-8H2,1-3H3. The maximum Gasteiger partial charge on any atom is 0.0828 e. The van der Waals surface area contributed by atoms with Crippen molar-refractivity contribution in [1.29, 1.82) is 0 Å². The summed E-state index contributed by atoms with van der Waals surface area (Å²) in [5.74, 6) is 0. The van der Waals surface area contributed by atoms with Gasteiger partial charge >= 0.3 is 0 Å². The first-order valence-corrected chi connectivity index (χ1v) is 5.99. The lowest BCUT2D eigenvalue weighted by molar-refractivity contribution is 0.600. The minimum atomic E-state index is 0.506. The largest absolute Gasteiger partial charge is 0.309 e. The molecule has 1 aromatic heterocycles. The van der Waals surface area contributed by atoms with E-state index < -0.39 is 0 Å². The van der Waals surface area contributed by atoms with Crippen molar-refractivity contribution in [1.82, 2.24) is 15.1 Å². The second-order valence-corrected chi connectivity index (χ2v) is 4.47. The Morgan fingerprint density at radius 3 is 2.93 bits per heavy atom. The SMILES string of the molecule is CCCc1c(C2CCCN2)nn(C)c1C. The molecule has 15 heavy (non-hydrogen) atoms. The topological polar surface area (TPSA) is 29.9 Å². The summed E-state index contributed by atoms with van der Waals surface area (Å²) in [4.78, 5) is 0. The molecule has 2 rings (SSSR count). The molecule has 1 atom stereocenters. The van der Waals surface area contributed by atoms with Gasteiger partial charge in [-0.3, -0.25) is 4.68 Å². The zero-order valence-electron chi connectivity index (χ0n) is 10.0. The van der Waals surface area contributed by atoms with E-state index in [9.17, 15) is 0 Å². The minimum Gasteiger partial charge on any atom is -0.309 e. The summed E-state index contributed by atoms with van der Waals surface area (Å²) in [5.41, 5.74) is 4.11. The Balaban J connectivity index is 2.31. The van der Waals surface area contributed by atoms with Crippen LogP contribution in [-0.2, 0) is 13.5 Å². The molecule has 1 saturated heterocycles. The van der Waals surface area contributed by atoms with Crippen molar-refractivity contribution < 1.29 is 0 Å². The molecule has 0 radical (unpaired) electrons. The predicted molar refractivity (Wildman–Crippen MR) is 61.9 cm³/mol. The Labute approximate surface area is 91.9 Å². The van der Waals surface area contributed by atoms with Gasteiger partial charge in [0.25, 0.3) is 0 Å². The molecule has 0 amide bonds. The molecule has 84 valence electrons. The molecule has 0 saturated carbocycles. The van der Waals surface area contributed by atoms with Gasteiger partial charge in [-0.25, -0.2) is 0 Å². The average Bonchev–Trinajstić information content (AvgIpc) is 2.81. The number of aryl methyl sites for hydroxylation is 1. The van der Waals surface area contributed by atoms with Crippen molar-refractivity contribution in [3.05, 3.63) is 17.0 Å². The fourth-order valence-electron chi connectivity index (χ4n) is 2.43. The van der Waals surface area contributed by atoms with Crippen LogP contribution in [-0.4, -0.2) is 16.3 Å². The van der Waals surface area contributed by atoms with Crippen molar-refractivity contribution in [3.63, 3.8) is 0 Å². The Morgan fingerprint density at radius 2 is 2.33 bits per heavy atom. The normalized spacial score (nSPS) is 21.1. The summed E-state index contributed by atoms with van der Waals surface area (Å²) in [6.45, 7) is 5.56. The van der Waals surface area contributed by atoms with Gasteiger partial charge in [0.1, 0.15) is 0 Å². The van der Waals surface area contributed by atoms with Gasteiger partial charge in [-0.1, -0.05) is 13.3 Å². The van der Waals surface area contributed by atoms with Gasteiger partial charge in [0.2, 0.25) is 0 Å². The molecule has 0 aliphatic carbocycles. The fourth-order valence-corrected chi connectivity index (χ4v) is 2.43. The Bertz CT molecular complexity index is 335. The molecule has 1 N–H and O–H groups in total. The van der Waals surface area contributed by atoms with Crippen molar-refractivity contribution in [3.8, 4) is 0 Å². The summed E-state index contributed by atoms with van der Waals surface area (Å²) in [5, 5.41) is 8.20. The molecular weight excluding hydrogens is 186 g/mol. The third-order valence-corrected chi connectivity index (χ3v) is 3.38. The van der Waals surface area contributed by atoms with Crippen LogP contribution in [0.15, 0.2) is 0 Å². The first kappa shape index (κ1) is 10.7. The number of rotatable bonds is 3. The molecule has 3 nitrogen and oxygen atoms in total. The van der Waals surface area contributed by atoms with Crippen LogP contribution in [0.1, 0.15) is 49.2 Å². The van der Waals surface area contributed by atoms with E-state index in [0.717, 1.165) is 13.0 Å². The first-order chi connectivity index (χ1) is 7.24. The zero-order valence-corrected chi connectivity index (χ0v) is 10.0. The molecule has 1 aliphatic heterocycles. The van der Waals surface area contributed by atoms with Crippen LogP contribution in [0, 0.1) is 6.92 Å². The van der Waals surface area contributed by atoms with E-state index >= 15 is 0 Å². The fraction of sp³-hybridized carbons (Fsp3) is 0.750. The van der Waals surface area contributed by atoms with Crippen LogP contribution in [0.4, 0.5) is 0 Å². The van der Waals surface area contributed by atoms with E-state index in [1.165, 1.54) is 36.2 Å². The monoisotopic (exact) mass is 207 g/mol. The minimum absolute atomic E-state index is 0.506. The van der Waals surface area contributed by atoms with Gasteiger partial charge in [0.15, 0.2) is 0 Å². The lowest BCUT2D eigenvalue weighted by atomic mass is 10.0. The van der Waals surface area contributed by atoms with E-state index in [-0.39, 0.29) is 0 Å². The Morgan fingerprint density at radius 1 is 1.53 bits per heavy atom. The molecule has 0 aromatic carbocycles. The summed E-state index contributed by atoms with van der Waals surface area (Å²) >= 11 is 0. The van der Waals surface area contributed by atoms with E-state index in [4.69, 9.17) is 0 Å². The third-order valence-electron chi connectivity index (χ3n) is 3.38. The Hall–Kier alpha value is -0.830. The molecule has 2 heterocycles. The summed E-state index contributed by atoms with van der Waals surface area (Å²) in [6, 6.07) is 0.506. The second-order valence-electron chi connectivity index (χ2n) is 4.47. The second kappa shape index (κ2) is 4.35. The summed E-state index contributed by atoms with van der Waals surface area (Å²) < 4.78 is 2.03. The maximum atomic E-state index is 4.66. The lowest BCUT2D eigenvalue weighted by Crippen LogP contribution is -2.15. The third kappa shape index (κ3) is 1.93. The highest BCUT2D eigenvalue weighted by molar-refractivity contribution is 5.28. The molecule has 1 fully saturated rings. The van der Waals surface area contributed by atoms with Crippen LogP contribution in [0.25, 0.3) is 0 Å². The average molecular weight is 207 g/mol. The zero-order chi connectivity index (χ0) is 10.8. The molecular formula is C12H21N3. The first-order valence-electron chi connectivity index (χ1n) is 5.99. The number of aromatic nitrogens is 2. The van der Waals surface area contributed by atoms with E-state index in [1.54, 1.807) is 0 Å². The van der Waals surface area contributed by atoms with Crippen LogP contribution in [0.5, 0.6) is 0 Å². The van der Waals surface area contributed by atoms with Gasteiger partial charge in [-0.15, -0.1) is 0 Å². The van der Waals surface area contributed by atoms with Gasteiger partial charge < -0.3 is 5.32 Å². The van der Waals surface area contributed by atoms with E-state index in [2.05, 4.69) is 24.3 Å².